The molecule has 0 aliphatic heterocycles. The van der Waals surface area contributed by atoms with E-state index in [1.807, 2.05) is 4.68 Å². The summed E-state index contributed by atoms with van der Waals surface area (Å²) in [7, 11) is 0. The van der Waals surface area contributed by atoms with Crippen LogP contribution in [0, 0.1) is 17.4 Å². The SMILES string of the molecule is Cc1ccc(C)c(-n2nc(C(C)(C)C)c(I)c2N)c1. The zero-order chi connectivity index (χ0) is 14.4. The topological polar surface area (TPSA) is 43.8 Å². The maximum atomic E-state index is 6.24. The molecule has 1 aromatic carbocycles. The summed E-state index contributed by atoms with van der Waals surface area (Å²) in [6, 6.07) is 6.34. The third-order valence-electron chi connectivity index (χ3n) is 3.16. The largest absolute Gasteiger partial charge is 0.383 e. The van der Waals surface area contributed by atoms with Gasteiger partial charge < -0.3 is 5.73 Å². The number of hydrogen-bond acceptors (Lipinski definition) is 2. The molecule has 2 N–H and O–H groups in total. The number of aryl methyl sites for hydroxylation is 2. The Morgan fingerprint density at radius 1 is 1.21 bits per heavy atom. The van der Waals surface area contributed by atoms with Gasteiger partial charge in [0.1, 0.15) is 5.82 Å². The lowest BCUT2D eigenvalue weighted by Gasteiger charge is -2.15. The van der Waals surface area contributed by atoms with Crippen LogP contribution in [0.3, 0.4) is 0 Å². The molecule has 0 fully saturated rings. The first-order valence-corrected chi connectivity index (χ1v) is 7.42. The molecule has 0 aliphatic rings. The summed E-state index contributed by atoms with van der Waals surface area (Å²) in [6.07, 6.45) is 0. The van der Waals surface area contributed by atoms with Crippen LogP contribution < -0.4 is 5.73 Å². The van der Waals surface area contributed by atoms with Crippen LogP contribution in [-0.2, 0) is 5.41 Å². The van der Waals surface area contributed by atoms with Gasteiger partial charge in [-0.1, -0.05) is 32.9 Å². The van der Waals surface area contributed by atoms with Crippen molar-refractivity contribution in [3.05, 3.63) is 38.6 Å². The fourth-order valence-corrected chi connectivity index (χ4v) is 3.17. The van der Waals surface area contributed by atoms with Crippen molar-refractivity contribution in [3.63, 3.8) is 0 Å². The van der Waals surface area contributed by atoms with Crippen molar-refractivity contribution in [1.82, 2.24) is 9.78 Å². The Balaban J connectivity index is 2.67. The second-order valence-electron chi connectivity index (χ2n) is 6.00. The number of halogens is 1. The fourth-order valence-electron chi connectivity index (χ4n) is 2.02. The van der Waals surface area contributed by atoms with Crippen LogP contribution in [-0.4, -0.2) is 9.78 Å². The van der Waals surface area contributed by atoms with E-state index in [1.165, 1.54) is 11.1 Å². The molecule has 4 heteroatoms. The van der Waals surface area contributed by atoms with E-state index >= 15 is 0 Å². The molecule has 2 aromatic rings. The highest BCUT2D eigenvalue weighted by Gasteiger charge is 2.25. The Labute approximate surface area is 128 Å². The van der Waals surface area contributed by atoms with E-state index in [0.29, 0.717) is 0 Å². The summed E-state index contributed by atoms with van der Waals surface area (Å²) < 4.78 is 2.91. The molecular weight excluding hydrogens is 349 g/mol. The number of rotatable bonds is 1. The maximum absolute atomic E-state index is 6.24. The number of nitrogen functional groups attached to an aromatic ring is 1. The van der Waals surface area contributed by atoms with Crippen molar-refractivity contribution in [2.45, 2.75) is 40.0 Å². The lowest BCUT2D eigenvalue weighted by atomic mass is 9.92. The normalized spacial score (nSPS) is 11.9. The molecule has 1 heterocycles. The van der Waals surface area contributed by atoms with Crippen molar-refractivity contribution >= 4 is 28.4 Å². The molecule has 102 valence electrons. The molecular formula is C15H20IN3. The molecule has 0 saturated carbocycles. The number of anilines is 1. The van der Waals surface area contributed by atoms with Crippen LogP contribution in [0.4, 0.5) is 5.82 Å². The highest BCUT2D eigenvalue weighted by molar-refractivity contribution is 14.1. The van der Waals surface area contributed by atoms with Crippen molar-refractivity contribution in [3.8, 4) is 5.69 Å². The first-order chi connectivity index (χ1) is 8.71. The molecule has 1 aromatic heterocycles. The third kappa shape index (κ3) is 2.63. The second kappa shape index (κ2) is 4.81. The molecule has 0 atom stereocenters. The van der Waals surface area contributed by atoms with Gasteiger partial charge in [0.2, 0.25) is 0 Å². The fraction of sp³-hybridized carbons (Fsp3) is 0.400. The van der Waals surface area contributed by atoms with E-state index in [1.54, 1.807) is 0 Å². The zero-order valence-electron chi connectivity index (χ0n) is 12.1. The van der Waals surface area contributed by atoms with Gasteiger partial charge in [-0.15, -0.1) is 0 Å². The van der Waals surface area contributed by atoms with Gasteiger partial charge in [-0.3, -0.25) is 0 Å². The highest BCUT2D eigenvalue weighted by atomic mass is 127. The minimum atomic E-state index is -0.00633. The van der Waals surface area contributed by atoms with E-state index in [0.717, 1.165) is 20.8 Å². The quantitative estimate of drug-likeness (QED) is 0.773. The smallest absolute Gasteiger partial charge is 0.141 e. The van der Waals surface area contributed by atoms with Crippen LogP contribution in [0.5, 0.6) is 0 Å². The summed E-state index contributed by atoms with van der Waals surface area (Å²) in [5.74, 6) is 0.722. The summed E-state index contributed by atoms with van der Waals surface area (Å²) >= 11 is 2.29. The van der Waals surface area contributed by atoms with Crippen molar-refractivity contribution < 1.29 is 0 Å². The van der Waals surface area contributed by atoms with Crippen LogP contribution >= 0.6 is 22.6 Å². The van der Waals surface area contributed by atoms with E-state index in [9.17, 15) is 0 Å². The molecule has 0 saturated heterocycles. The molecule has 3 nitrogen and oxygen atoms in total. The summed E-state index contributed by atoms with van der Waals surface area (Å²) in [5, 5.41) is 4.74. The number of hydrogen-bond donors (Lipinski definition) is 1. The van der Waals surface area contributed by atoms with Gasteiger partial charge in [0.05, 0.1) is 15.0 Å². The maximum Gasteiger partial charge on any atom is 0.141 e. The lowest BCUT2D eigenvalue weighted by Crippen LogP contribution is -2.14. The van der Waals surface area contributed by atoms with Crippen molar-refractivity contribution in [1.29, 1.82) is 0 Å². The zero-order valence-corrected chi connectivity index (χ0v) is 14.2. The third-order valence-corrected chi connectivity index (χ3v) is 4.23. The van der Waals surface area contributed by atoms with E-state index in [2.05, 4.69) is 75.4 Å². The number of benzene rings is 1. The number of nitrogens with two attached hydrogens (primary N) is 1. The van der Waals surface area contributed by atoms with E-state index < -0.39 is 0 Å². The minimum absolute atomic E-state index is 0.00633. The molecule has 0 spiro atoms. The predicted molar refractivity (Wildman–Crippen MR) is 88.9 cm³/mol. The van der Waals surface area contributed by atoms with Gasteiger partial charge in [0, 0.05) is 5.41 Å². The molecule has 0 amide bonds. The highest BCUT2D eigenvalue weighted by Crippen LogP contribution is 2.32. The van der Waals surface area contributed by atoms with Crippen molar-refractivity contribution in [2.75, 3.05) is 5.73 Å². The standard InChI is InChI=1S/C15H20IN3/c1-9-6-7-10(2)11(8-9)19-14(17)12(16)13(18-19)15(3,4)5/h6-8H,17H2,1-5H3. The van der Waals surface area contributed by atoms with Gasteiger partial charge in [-0.05, 0) is 53.6 Å². The lowest BCUT2D eigenvalue weighted by molar-refractivity contribution is 0.557. The molecule has 2 rings (SSSR count). The molecule has 0 bridgehead atoms. The summed E-state index contributed by atoms with van der Waals surface area (Å²) in [5.41, 5.74) is 10.7. The Kier molecular flexibility index (Phi) is 3.64. The molecule has 0 radical (unpaired) electrons. The molecule has 0 unspecified atom stereocenters. The Bertz CT molecular complexity index is 621. The van der Waals surface area contributed by atoms with Crippen LogP contribution in [0.15, 0.2) is 18.2 Å². The van der Waals surface area contributed by atoms with Gasteiger partial charge in [-0.2, -0.15) is 5.10 Å². The average molecular weight is 369 g/mol. The monoisotopic (exact) mass is 369 g/mol. The molecule has 19 heavy (non-hydrogen) atoms. The van der Waals surface area contributed by atoms with Crippen molar-refractivity contribution in [2.24, 2.45) is 0 Å². The molecule has 0 aliphatic carbocycles. The van der Waals surface area contributed by atoms with Crippen LogP contribution in [0.2, 0.25) is 0 Å². The van der Waals surface area contributed by atoms with Crippen LogP contribution in [0.1, 0.15) is 37.6 Å². The van der Waals surface area contributed by atoms with E-state index in [4.69, 9.17) is 10.8 Å². The van der Waals surface area contributed by atoms with Gasteiger partial charge in [0.15, 0.2) is 0 Å². The number of aromatic nitrogens is 2. The summed E-state index contributed by atoms with van der Waals surface area (Å²) in [4.78, 5) is 0. The summed E-state index contributed by atoms with van der Waals surface area (Å²) in [6.45, 7) is 10.6. The Hall–Kier alpha value is -1.04. The number of nitrogens with zero attached hydrogens (tertiary/aromatic N) is 2. The van der Waals surface area contributed by atoms with E-state index in [-0.39, 0.29) is 5.41 Å². The predicted octanol–water partition coefficient (Wildman–Crippen LogP) is 3.97. The van der Waals surface area contributed by atoms with Crippen LogP contribution in [0.25, 0.3) is 5.69 Å². The minimum Gasteiger partial charge on any atom is -0.383 e. The Morgan fingerprint density at radius 3 is 2.37 bits per heavy atom. The Morgan fingerprint density at radius 2 is 1.84 bits per heavy atom. The van der Waals surface area contributed by atoms with Gasteiger partial charge >= 0.3 is 0 Å². The first kappa shape index (κ1) is 14.4. The average Bonchev–Trinajstić information content (AvgIpc) is 2.59. The first-order valence-electron chi connectivity index (χ1n) is 6.34. The second-order valence-corrected chi connectivity index (χ2v) is 7.08. The van der Waals surface area contributed by atoms with Gasteiger partial charge in [-0.25, -0.2) is 4.68 Å². The van der Waals surface area contributed by atoms with Gasteiger partial charge in [0.25, 0.3) is 0 Å².